The van der Waals surface area contributed by atoms with E-state index in [2.05, 4.69) is 10.1 Å². The van der Waals surface area contributed by atoms with Crippen LogP contribution in [0.2, 0.25) is 0 Å². The van der Waals surface area contributed by atoms with E-state index in [1.165, 1.54) is 0 Å². The molecule has 2 aromatic rings. The van der Waals surface area contributed by atoms with Gasteiger partial charge in [0.25, 0.3) is 0 Å². The Bertz CT molecular complexity index is 486. The third kappa shape index (κ3) is 1.99. The lowest BCUT2D eigenvalue weighted by Crippen LogP contribution is -2.07. The van der Waals surface area contributed by atoms with Gasteiger partial charge in [0.2, 0.25) is 0 Å². The van der Waals surface area contributed by atoms with Gasteiger partial charge in [0.05, 0.1) is 11.8 Å². The number of rotatable bonds is 3. The number of nitrogens with zero attached hydrogens (tertiary/aromatic N) is 4. The molecule has 0 bridgehead atoms. The fraction of sp³-hybridized carbons (Fsp3) is 0.455. The molecular weight excluding hydrogens is 204 g/mol. The smallest absolute Gasteiger partial charge is 0.111 e. The highest BCUT2D eigenvalue weighted by Gasteiger charge is 2.15. The molecule has 0 fully saturated rings. The lowest BCUT2D eigenvalue weighted by Gasteiger charge is -2.09. The average Bonchev–Trinajstić information content (AvgIpc) is 2.74. The topological polar surface area (TPSA) is 55.9 Å². The van der Waals surface area contributed by atoms with Crippen molar-refractivity contribution in [1.29, 1.82) is 0 Å². The van der Waals surface area contributed by atoms with E-state index in [0.717, 1.165) is 17.1 Å². The van der Waals surface area contributed by atoms with Gasteiger partial charge in [0, 0.05) is 44.7 Å². The lowest BCUT2D eigenvalue weighted by atomic mass is 10.1. The minimum absolute atomic E-state index is 0.510. The molecule has 2 heterocycles. The Labute approximate surface area is 94.4 Å². The number of hydrogen-bond donors (Lipinski definition) is 1. The molecule has 0 aliphatic heterocycles. The molecule has 2 rings (SSSR count). The van der Waals surface area contributed by atoms with Crippen LogP contribution >= 0.6 is 0 Å². The summed E-state index contributed by atoms with van der Waals surface area (Å²) in [5.74, 6) is 0.871. The Morgan fingerprint density at radius 1 is 1.44 bits per heavy atom. The summed E-state index contributed by atoms with van der Waals surface area (Å²) in [6.07, 6.45) is 5.42. The van der Waals surface area contributed by atoms with Crippen LogP contribution in [0, 0.1) is 6.92 Å². The van der Waals surface area contributed by atoms with Gasteiger partial charge in [-0.25, -0.2) is 4.98 Å². The van der Waals surface area contributed by atoms with Crippen LogP contribution in [0.15, 0.2) is 18.6 Å². The highest BCUT2D eigenvalue weighted by molar-refractivity contribution is 5.19. The van der Waals surface area contributed by atoms with Crippen molar-refractivity contribution in [3.8, 4) is 0 Å². The summed E-state index contributed by atoms with van der Waals surface area (Å²) in [5, 5.41) is 14.3. The Hall–Kier alpha value is -1.62. The molecule has 0 aliphatic rings. The first kappa shape index (κ1) is 10.9. The number of hydrogen-bond acceptors (Lipinski definition) is 3. The average molecular weight is 220 g/mol. The zero-order valence-corrected chi connectivity index (χ0v) is 9.75. The number of aliphatic hydroxyl groups is 1. The molecule has 5 heteroatoms. The van der Waals surface area contributed by atoms with Crippen LogP contribution in [-0.2, 0) is 20.5 Å². The van der Waals surface area contributed by atoms with Crippen LogP contribution in [0.5, 0.6) is 0 Å². The van der Waals surface area contributed by atoms with E-state index in [1.54, 1.807) is 10.9 Å². The molecule has 5 nitrogen and oxygen atoms in total. The van der Waals surface area contributed by atoms with Gasteiger partial charge in [-0.05, 0) is 6.92 Å². The highest BCUT2D eigenvalue weighted by atomic mass is 16.3. The molecule has 0 aromatic carbocycles. The Morgan fingerprint density at radius 2 is 2.19 bits per heavy atom. The summed E-state index contributed by atoms with van der Waals surface area (Å²) in [5.41, 5.74) is 1.73. The second kappa shape index (κ2) is 4.09. The number of aromatic nitrogens is 4. The SMILES string of the molecule is Cc1nn(C)cc1C(O)Cc1nccn1C. The molecule has 0 amide bonds. The van der Waals surface area contributed by atoms with Crippen molar-refractivity contribution >= 4 is 0 Å². The Balaban J connectivity index is 2.17. The number of aliphatic hydroxyl groups excluding tert-OH is 1. The quantitative estimate of drug-likeness (QED) is 0.830. The summed E-state index contributed by atoms with van der Waals surface area (Å²) in [6.45, 7) is 1.90. The van der Waals surface area contributed by atoms with Gasteiger partial charge in [-0.1, -0.05) is 0 Å². The van der Waals surface area contributed by atoms with E-state index in [-0.39, 0.29) is 0 Å². The minimum atomic E-state index is -0.546. The third-order valence-electron chi connectivity index (χ3n) is 2.71. The summed E-state index contributed by atoms with van der Waals surface area (Å²) < 4.78 is 3.63. The first-order chi connectivity index (χ1) is 7.58. The first-order valence-electron chi connectivity index (χ1n) is 5.22. The van der Waals surface area contributed by atoms with Gasteiger partial charge in [0.15, 0.2) is 0 Å². The maximum absolute atomic E-state index is 10.1. The van der Waals surface area contributed by atoms with Crippen LogP contribution in [0.4, 0.5) is 0 Å². The van der Waals surface area contributed by atoms with E-state index in [4.69, 9.17) is 0 Å². The number of aryl methyl sites for hydroxylation is 3. The molecule has 0 radical (unpaired) electrons. The first-order valence-corrected chi connectivity index (χ1v) is 5.22. The molecule has 0 saturated heterocycles. The van der Waals surface area contributed by atoms with E-state index in [0.29, 0.717) is 6.42 Å². The van der Waals surface area contributed by atoms with Crippen molar-refractivity contribution in [2.75, 3.05) is 0 Å². The molecule has 2 aromatic heterocycles. The van der Waals surface area contributed by atoms with E-state index >= 15 is 0 Å². The maximum Gasteiger partial charge on any atom is 0.111 e. The molecule has 0 saturated carbocycles. The monoisotopic (exact) mass is 220 g/mol. The molecule has 1 unspecified atom stereocenters. The summed E-state index contributed by atoms with van der Waals surface area (Å²) in [4.78, 5) is 4.19. The third-order valence-corrected chi connectivity index (χ3v) is 2.71. The standard InChI is InChI=1S/C11H16N4O/c1-8-9(7-15(3)13-8)10(16)6-11-12-4-5-14(11)2/h4-5,7,10,16H,6H2,1-3H3. The normalized spacial score (nSPS) is 13.0. The van der Waals surface area contributed by atoms with Crippen molar-refractivity contribution in [1.82, 2.24) is 19.3 Å². The molecule has 0 aliphatic carbocycles. The van der Waals surface area contributed by atoms with Crippen molar-refractivity contribution in [3.05, 3.63) is 35.7 Å². The van der Waals surface area contributed by atoms with Gasteiger partial charge in [-0.2, -0.15) is 5.10 Å². The predicted octanol–water partition coefficient (Wildman–Crippen LogP) is 0.738. The zero-order chi connectivity index (χ0) is 11.7. The van der Waals surface area contributed by atoms with Crippen molar-refractivity contribution in [2.45, 2.75) is 19.4 Å². The van der Waals surface area contributed by atoms with Gasteiger partial charge in [0.1, 0.15) is 5.82 Å². The maximum atomic E-state index is 10.1. The molecular formula is C11H16N4O. The summed E-state index contributed by atoms with van der Waals surface area (Å²) >= 11 is 0. The van der Waals surface area contributed by atoms with Gasteiger partial charge < -0.3 is 9.67 Å². The summed E-state index contributed by atoms with van der Waals surface area (Å²) in [6, 6.07) is 0. The fourth-order valence-electron chi connectivity index (χ4n) is 1.82. The molecule has 86 valence electrons. The molecule has 1 atom stereocenters. The lowest BCUT2D eigenvalue weighted by molar-refractivity contribution is 0.174. The molecule has 0 spiro atoms. The van der Waals surface area contributed by atoms with Crippen LogP contribution in [0.25, 0.3) is 0 Å². The molecule has 1 N–H and O–H groups in total. The van der Waals surface area contributed by atoms with E-state index in [9.17, 15) is 5.11 Å². The predicted molar refractivity (Wildman–Crippen MR) is 59.8 cm³/mol. The van der Waals surface area contributed by atoms with Crippen molar-refractivity contribution in [2.24, 2.45) is 14.1 Å². The van der Waals surface area contributed by atoms with Crippen LogP contribution in [0.1, 0.15) is 23.2 Å². The van der Waals surface area contributed by atoms with E-state index < -0.39 is 6.10 Å². The van der Waals surface area contributed by atoms with Crippen LogP contribution in [-0.4, -0.2) is 24.4 Å². The van der Waals surface area contributed by atoms with Crippen LogP contribution in [0.3, 0.4) is 0 Å². The van der Waals surface area contributed by atoms with Gasteiger partial charge in [-0.15, -0.1) is 0 Å². The Kier molecular flexibility index (Phi) is 2.78. The van der Waals surface area contributed by atoms with Crippen LogP contribution < -0.4 is 0 Å². The largest absolute Gasteiger partial charge is 0.388 e. The minimum Gasteiger partial charge on any atom is -0.388 e. The van der Waals surface area contributed by atoms with Gasteiger partial charge >= 0.3 is 0 Å². The fourth-order valence-corrected chi connectivity index (χ4v) is 1.82. The summed E-state index contributed by atoms with van der Waals surface area (Å²) in [7, 11) is 3.77. The second-order valence-electron chi connectivity index (χ2n) is 4.02. The number of imidazole rings is 1. The second-order valence-corrected chi connectivity index (χ2v) is 4.02. The zero-order valence-electron chi connectivity index (χ0n) is 9.75. The highest BCUT2D eigenvalue weighted by Crippen LogP contribution is 2.19. The molecule has 16 heavy (non-hydrogen) atoms. The van der Waals surface area contributed by atoms with Crippen molar-refractivity contribution in [3.63, 3.8) is 0 Å². The van der Waals surface area contributed by atoms with E-state index in [1.807, 2.05) is 38.0 Å². The van der Waals surface area contributed by atoms with Crippen molar-refractivity contribution < 1.29 is 5.11 Å². The van der Waals surface area contributed by atoms with Gasteiger partial charge in [-0.3, -0.25) is 4.68 Å². The Morgan fingerprint density at radius 3 is 2.69 bits per heavy atom.